The Morgan fingerprint density at radius 3 is 2.04 bits per heavy atom. The predicted molar refractivity (Wildman–Crippen MR) is 189 cm³/mol. The second-order valence-corrected chi connectivity index (χ2v) is 14.1. The smallest absolute Gasteiger partial charge is 0.306 e. The Kier molecular flexibility index (Phi) is 25.9. The number of carbonyl (C=O) groups is 2. The minimum atomic E-state index is -0.863. The van der Waals surface area contributed by atoms with E-state index in [4.69, 9.17) is 9.47 Å². The monoisotopic (exact) mass is 667 g/mol. The number of carbonyl (C=O) groups excluding carboxylic acids is 2. The molecular formula is C39H70O8. The molecule has 8 heteroatoms. The van der Waals surface area contributed by atoms with Gasteiger partial charge in [-0.1, -0.05) is 129 Å². The van der Waals surface area contributed by atoms with E-state index < -0.39 is 37.0 Å². The van der Waals surface area contributed by atoms with Gasteiger partial charge in [-0.15, -0.1) is 0 Å². The van der Waals surface area contributed by atoms with Gasteiger partial charge in [0.2, 0.25) is 0 Å². The third-order valence-electron chi connectivity index (χ3n) is 9.25. The van der Waals surface area contributed by atoms with Crippen molar-refractivity contribution < 1.29 is 39.5 Å². The Labute approximate surface area is 286 Å². The fourth-order valence-electron chi connectivity index (χ4n) is 6.26. The van der Waals surface area contributed by atoms with Gasteiger partial charge in [0.25, 0.3) is 0 Å². The molecule has 274 valence electrons. The highest BCUT2D eigenvalue weighted by atomic mass is 16.6. The van der Waals surface area contributed by atoms with Crippen LogP contribution in [0.4, 0.5) is 0 Å². The molecule has 6 atom stereocenters. The van der Waals surface area contributed by atoms with Gasteiger partial charge < -0.3 is 29.9 Å². The summed E-state index contributed by atoms with van der Waals surface area (Å²) in [4.78, 5) is 24.3. The van der Waals surface area contributed by atoms with Gasteiger partial charge in [0.15, 0.2) is 6.10 Å². The SMILES string of the molecule is CCCCC[C@H](O)/C=C/[C@@H]1[C@@H](C/C=C/CCCC(=O)O[C@@H](CO)COC(=O)CCCCCCCCCCCCC(C)C)[C@@H](O)C[C@H]1O. The molecule has 0 radical (unpaired) electrons. The molecule has 0 amide bonds. The molecular weight excluding hydrogens is 596 g/mol. The van der Waals surface area contributed by atoms with E-state index >= 15 is 0 Å². The first-order valence-electron chi connectivity index (χ1n) is 19.0. The minimum absolute atomic E-state index is 0.123. The Bertz CT molecular complexity index is 841. The van der Waals surface area contributed by atoms with Crippen LogP contribution in [0.3, 0.4) is 0 Å². The van der Waals surface area contributed by atoms with Crippen molar-refractivity contribution in [3.63, 3.8) is 0 Å². The number of unbranched alkanes of at least 4 members (excludes halogenated alkanes) is 12. The quantitative estimate of drug-likeness (QED) is 0.0362. The standard InChI is InChI=1S/C39H70O8/c1-4-5-16-22-32(41)26-27-35-34(36(42)28-37(35)43)23-18-14-15-20-25-39(45)47-33(29-40)30-46-38(44)24-19-13-11-9-7-6-8-10-12-17-21-31(2)3/h14,18,26-27,31-37,40-43H,4-13,15-17,19-25,28-30H2,1-3H3/b18-14+,27-26+/t32-,33-,34+,35+,36-,37+/m0/s1. The molecule has 0 unspecified atom stereocenters. The van der Waals surface area contributed by atoms with Crippen LogP contribution in [-0.2, 0) is 19.1 Å². The van der Waals surface area contributed by atoms with Gasteiger partial charge in [-0.2, -0.15) is 0 Å². The van der Waals surface area contributed by atoms with E-state index in [1.54, 1.807) is 6.08 Å². The molecule has 1 rings (SSSR count). The van der Waals surface area contributed by atoms with Crippen molar-refractivity contribution in [2.75, 3.05) is 13.2 Å². The topological polar surface area (TPSA) is 134 Å². The van der Waals surface area contributed by atoms with Gasteiger partial charge in [0.1, 0.15) is 6.61 Å². The number of rotatable bonds is 29. The van der Waals surface area contributed by atoms with Crippen LogP contribution < -0.4 is 0 Å². The van der Waals surface area contributed by atoms with Crippen molar-refractivity contribution in [3.8, 4) is 0 Å². The van der Waals surface area contributed by atoms with E-state index in [1.165, 1.54) is 51.4 Å². The summed E-state index contributed by atoms with van der Waals surface area (Å²) in [5.41, 5.74) is 0. The lowest BCUT2D eigenvalue weighted by Gasteiger charge is -2.19. The molecule has 0 aromatic heterocycles. The number of allylic oxidation sites excluding steroid dienone is 2. The predicted octanol–water partition coefficient (Wildman–Crippen LogP) is 7.74. The third kappa shape index (κ3) is 22.5. The van der Waals surface area contributed by atoms with Gasteiger partial charge in [0, 0.05) is 25.2 Å². The van der Waals surface area contributed by atoms with Crippen LogP contribution in [0.5, 0.6) is 0 Å². The van der Waals surface area contributed by atoms with E-state index in [1.807, 2.05) is 18.2 Å². The maximum Gasteiger partial charge on any atom is 0.306 e. The summed E-state index contributed by atoms with van der Waals surface area (Å²) in [6, 6.07) is 0. The number of ether oxygens (including phenoxy) is 2. The zero-order valence-corrected chi connectivity index (χ0v) is 30.0. The normalized spacial score (nSPS) is 21.2. The molecule has 1 saturated carbocycles. The third-order valence-corrected chi connectivity index (χ3v) is 9.25. The highest BCUT2D eigenvalue weighted by molar-refractivity contribution is 5.70. The van der Waals surface area contributed by atoms with E-state index in [0.29, 0.717) is 38.5 Å². The number of hydrogen-bond donors (Lipinski definition) is 4. The van der Waals surface area contributed by atoms with Crippen LogP contribution in [-0.4, -0.2) is 70.0 Å². The molecule has 0 bridgehead atoms. The van der Waals surface area contributed by atoms with Crippen LogP contribution >= 0.6 is 0 Å². The van der Waals surface area contributed by atoms with Crippen LogP contribution in [0.15, 0.2) is 24.3 Å². The summed E-state index contributed by atoms with van der Waals surface area (Å²) in [5, 5.41) is 40.6. The first-order valence-corrected chi connectivity index (χ1v) is 19.0. The van der Waals surface area contributed by atoms with E-state index in [0.717, 1.165) is 44.4 Å². The molecule has 0 aromatic carbocycles. The van der Waals surface area contributed by atoms with Gasteiger partial charge in [0.05, 0.1) is 24.9 Å². The maximum atomic E-state index is 12.3. The molecule has 1 fully saturated rings. The second kappa shape index (κ2) is 28.1. The molecule has 0 saturated heterocycles. The van der Waals surface area contributed by atoms with E-state index in [2.05, 4.69) is 20.8 Å². The van der Waals surface area contributed by atoms with Crippen molar-refractivity contribution in [3.05, 3.63) is 24.3 Å². The lowest BCUT2D eigenvalue weighted by atomic mass is 9.89. The van der Waals surface area contributed by atoms with Crippen LogP contribution in [0.2, 0.25) is 0 Å². The molecule has 1 aliphatic rings. The molecule has 0 spiro atoms. The lowest BCUT2D eigenvalue weighted by Crippen LogP contribution is -2.28. The van der Waals surface area contributed by atoms with Crippen LogP contribution in [0, 0.1) is 17.8 Å². The maximum absolute atomic E-state index is 12.3. The average molecular weight is 667 g/mol. The zero-order valence-electron chi connectivity index (χ0n) is 30.0. The van der Waals surface area contributed by atoms with Gasteiger partial charge >= 0.3 is 11.9 Å². The van der Waals surface area contributed by atoms with Crippen LogP contribution in [0.1, 0.15) is 156 Å². The fraction of sp³-hybridized carbons (Fsp3) is 0.846. The van der Waals surface area contributed by atoms with E-state index in [-0.39, 0.29) is 30.8 Å². The highest BCUT2D eigenvalue weighted by Crippen LogP contribution is 2.36. The molecule has 4 N–H and O–H groups in total. The number of aliphatic hydroxyl groups is 4. The number of esters is 2. The summed E-state index contributed by atoms with van der Waals surface area (Å²) in [5.74, 6) is -0.289. The van der Waals surface area contributed by atoms with Crippen molar-refractivity contribution in [1.29, 1.82) is 0 Å². The van der Waals surface area contributed by atoms with Crippen molar-refractivity contribution in [2.45, 2.75) is 180 Å². The first-order chi connectivity index (χ1) is 22.7. The fourth-order valence-corrected chi connectivity index (χ4v) is 6.26. The summed E-state index contributed by atoms with van der Waals surface area (Å²) >= 11 is 0. The summed E-state index contributed by atoms with van der Waals surface area (Å²) < 4.78 is 10.5. The molecule has 0 heterocycles. The van der Waals surface area contributed by atoms with Gasteiger partial charge in [-0.05, 0) is 43.9 Å². The highest BCUT2D eigenvalue weighted by Gasteiger charge is 2.39. The minimum Gasteiger partial charge on any atom is -0.462 e. The molecule has 8 nitrogen and oxygen atoms in total. The van der Waals surface area contributed by atoms with Crippen molar-refractivity contribution in [2.24, 2.45) is 17.8 Å². The number of aliphatic hydroxyl groups excluding tert-OH is 4. The summed E-state index contributed by atoms with van der Waals surface area (Å²) in [6.07, 6.45) is 24.8. The molecule has 0 aliphatic heterocycles. The molecule has 47 heavy (non-hydrogen) atoms. The summed E-state index contributed by atoms with van der Waals surface area (Å²) in [6.45, 7) is 6.14. The van der Waals surface area contributed by atoms with E-state index in [9.17, 15) is 30.0 Å². The Hall–Kier alpha value is -1.74. The first kappa shape index (κ1) is 43.3. The molecule has 1 aliphatic carbocycles. The summed E-state index contributed by atoms with van der Waals surface area (Å²) in [7, 11) is 0. The Morgan fingerprint density at radius 2 is 1.40 bits per heavy atom. The van der Waals surface area contributed by atoms with Gasteiger partial charge in [-0.3, -0.25) is 9.59 Å². The second-order valence-electron chi connectivity index (χ2n) is 14.1. The van der Waals surface area contributed by atoms with Crippen LogP contribution in [0.25, 0.3) is 0 Å². The Balaban J connectivity index is 2.15. The Morgan fingerprint density at radius 1 is 0.787 bits per heavy atom. The zero-order chi connectivity index (χ0) is 34.7. The molecule has 0 aromatic rings. The van der Waals surface area contributed by atoms with Crippen molar-refractivity contribution in [1.82, 2.24) is 0 Å². The van der Waals surface area contributed by atoms with Crippen molar-refractivity contribution >= 4 is 11.9 Å². The average Bonchev–Trinajstić information content (AvgIpc) is 3.31. The largest absolute Gasteiger partial charge is 0.462 e. The number of hydrogen-bond acceptors (Lipinski definition) is 8. The lowest BCUT2D eigenvalue weighted by molar-refractivity contribution is -0.161. The van der Waals surface area contributed by atoms with Gasteiger partial charge in [-0.25, -0.2) is 0 Å².